The number of amides is 1. The molecule has 0 spiro atoms. The van der Waals surface area contributed by atoms with Crippen molar-refractivity contribution in [2.75, 3.05) is 6.61 Å². The molecule has 0 radical (unpaired) electrons. The van der Waals surface area contributed by atoms with Gasteiger partial charge in [-0.05, 0) is 20.3 Å². The van der Waals surface area contributed by atoms with Crippen LogP contribution in [-0.4, -0.2) is 29.2 Å². The maximum atomic E-state index is 12.0. The van der Waals surface area contributed by atoms with Crippen LogP contribution >= 0.6 is 11.3 Å². The first-order chi connectivity index (χ1) is 9.02. The first-order valence-corrected chi connectivity index (χ1v) is 7.05. The molecule has 0 unspecified atom stereocenters. The predicted octanol–water partition coefficient (Wildman–Crippen LogP) is 0.986. The Labute approximate surface area is 115 Å². The number of nitrogens with zero attached hydrogens (tertiary/aromatic N) is 1. The minimum absolute atomic E-state index is 0.0410. The van der Waals surface area contributed by atoms with Crippen molar-refractivity contribution < 1.29 is 9.53 Å². The molecule has 1 saturated heterocycles. The molecular formula is C13H18N2O3S. The second-order valence-corrected chi connectivity index (χ2v) is 5.80. The normalized spacial score (nSPS) is 22.4. The first-order valence-electron chi connectivity index (χ1n) is 6.23. The number of rotatable bonds is 4. The SMILES string of the molecule is C=C[C@@H]1OCC[C@H]1NC(=O)Cn1c(C)c(C)sc1=O. The average Bonchev–Trinajstić information content (AvgIpc) is 2.89. The summed E-state index contributed by atoms with van der Waals surface area (Å²) in [5, 5.41) is 2.90. The lowest BCUT2D eigenvalue weighted by molar-refractivity contribution is -0.122. The Hall–Kier alpha value is -1.40. The summed E-state index contributed by atoms with van der Waals surface area (Å²) in [5.74, 6) is -0.162. The Balaban J connectivity index is 2.01. The van der Waals surface area contributed by atoms with Gasteiger partial charge < -0.3 is 10.1 Å². The molecule has 2 rings (SSSR count). The smallest absolute Gasteiger partial charge is 0.308 e. The summed E-state index contributed by atoms with van der Waals surface area (Å²) < 4.78 is 6.93. The van der Waals surface area contributed by atoms with Crippen LogP contribution in [0, 0.1) is 13.8 Å². The van der Waals surface area contributed by atoms with Gasteiger partial charge in [0.15, 0.2) is 0 Å². The number of ether oxygens (including phenoxy) is 1. The fraction of sp³-hybridized carbons (Fsp3) is 0.538. The zero-order valence-corrected chi connectivity index (χ0v) is 12.0. The van der Waals surface area contributed by atoms with Crippen LogP contribution in [-0.2, 0) is 16.1 Å². The van der Waals surface area contributed by atoms with Crippen LogP contribution < -0.4 is 10.2 Å². The number of aromatic nitrogens is 1. The van der Waals surface area contributed by atoms with Crippen LogP contribution in [0.1, 0.15) is 17.0 Å². The molecule has 0 aromatic carbocycles. The van der Waals surface area contributed by atoms with E-state index in [9.17, 15) is 9.59 Å². The number of nitrogens with one attached hydrogen (secondary N) is 1. The monoisotopic (exact) mass is 282 g/mol. The molecule has 1 aliphatic rings. The van der Waals surface area contributed by atoms with Crippen LogP contribution in [0.4, 0.5) is 0 Å². The molecule has 0 aliphatic carbocycles. The van der Waals surface area contributed by atoms with Crippen molar-refractivity contribution in [2.45, 2.75) is 39.0 Å². The van der Waals surface area contributed by atoms with Crippen LogP contribution in [0.25, 0.3) is 0 Å². The third-order valence-electron chi connectivity index (χ3n) is 3.39. The Morgan fingerprint density at radius 2 is 2.37 bits per heavy atom. The molecule has 6 heteroatoms. The number of thiazole rings is 1. The average molecular weight is 282 g/mol. The summed E-state index contributed by atoms with van der Waals surface area (Å²) in [5.41, 5.74) is 0.855. The zero-order chi connectivity index (χ0) is 14.0. The molecule has 19 heavy (non-hydrogen) atoms. The fourth-order valence-corrected chi connectivity index (χ4v) is 3.00. The number of aryl methyl sites for hydroxylation is 1. The van der Waals surface area contributed by atoms with E-state index in [1.807, 2.05) is 13.8 Å². The summed E-state index contributed by atoms with van der Waals surface area (Å²) in [7, 11) is 0. The lowest BCUT2D eigenvalue weighted by Crippen LogP contribution is -2.42. The maximum absolute atomic E-state index is 12.0. The third-order valence-corrected chi connectivity index (χ3v) is 4.39. The Morgan fingerprint density at radius 1 is 1.63 bits per heavy atom. The molecular weight excluding hydrogens is 264 g/mol. The molecule has 1 amide bonds. The Morgan fingerprint density at radius 3 is 2.95 bits per heavy atom. The molecule has 2 heterocycles. The maximum Gasteiger partial charge on any atom is 0.308 e. The van der Waals surface area contributed by atoms with Gasteiger partial charge in [0.2, 0.25) is 5.91 Å². The molecule has 0 bridgehead atoms. The molecule has 1 aromatic rings. The minimum atomic E-state index is -0.162. The summed E-state index contributed by atoms with van der Waals surface area (Å²) in [6.07, 6.45) is 2.34. The van der Waals surface area contributed by atoms with Gasteiger partial charge in [-0.25, -0.2) is 0 Å². The van der Waals surface area contributed by atoms with Crippen LogP contribution in [0.15, 0.2) is 17.4 Å². The number of hydrogen-bond donors (Lipinski definition) is 1. The lowest BCUT2D eigenvalue weighted by Gasteiger charge is -2.17. The highest BCUT2D eigenvalue weighted by atomic mass is 32.1. The van der Waals surface area contributed by atoms with E-state index in [0.717, 1.165) is 17.0 Å². The van der Waals surface area contributed by atoms with Gasteiger partial charge in [-0.15, -0.1) is 6.58 Å². The Kier molecular flexibility index (Phi) is 4.21. The van der Waals surface area contributed by atoms with E-state index >= 15 is 0 Å². The molecule has 1 aromatic heterocycles. The Bertz CT molecular complexity index is 547. The van der Waals surface area contributed by atoms with Gasteiger partial charge in [-0.3, -0.25) is 14.2 Å². The second-order valence-electron chi connectivity index (χ2n) is 4.63. The van der Waals surface area contributed by atoms with Crippen molar-refractivity contribution in [3.63, 3.8) is 0 Å². The fourth-order valence-electron chi connectivity index (χ4n) is 2.16. The van der Waals surface area contributed by atoms with E-state index in [-0.39, 0.29) is 29.5 Å². The van der Waals surface area contributed by atoms with Gasteiger partial charge in [0.1, 0.15) is 6.54 Å². The number of carbonyl (C=O) groups excluding carboxylic acids is 1. The highest BCUT2D eigenvalue weighted by Gasteiger charge is 2.27. The highest BCUT2D eigenvalue weighted by molar-refractivity contribution is 7.09. The van der Waals surface area contributed by atoms with E-state index in [0.29, 0.717) is 6.61 Å². The molecule has 2 atom stereocenters. The standard InChI is InChI=1S/C13H18N2O3S/c1-4-11-10(5-6-18-11)14-12(16)7-15-8(2)9(3)19-13(15)17/h4,10-11H,1,5-7H2,2-3H3,(H,14,16)/t10-,11+/m1/s1. The predicted molar refractivity (Wildman–Crippen MR) is 74.5 cm³/mol. The summed E-state index contributed by atoms with van der Waals surface area (Å²) in [4.78, 5) is 24.6. The van der Waals surface area contributed by atoms with Gasteiger partial charge >= 0.3 is 4.87 Å². The largest absolute Gasteiger partial charge is 0.372 e. The number of carbonyl (C=O) groups is 1. The summed E-state index contributed by atoms with van der Waals surface area (Å²) in [6, 6.07) is -0.0410. The molecule has 1 aliphatic heterocycles. The molecule has 5 nitrogen and oxygen atoms in total. The van der Waals surface area contributed by atoms with Crippen molar-refractivity contribution in [2.24, 2.45) is 0 Å². The van der Waals surface area contributed by atoms with Crippen LogP contribution in [0.2, 0.25) is 0 Å². The second kappa shape index (κ2) is 5.71. The quantitative estimate of drug-likeness (QED) is 0.838. The van der Waals surface area contributed by atoms with E-state index in [2.05, 4.69) is 11.9 Å². The van der Waals surface area contributed by atoms with E-state index in [4.69, 9.17) is 4.74 Å². The molecule has 1 N–H and O–H groups in total. The topological polar surface area (TPSA) is 60.3 Å². The van der Waals surface area contributed by atoms with Crippen molar-refractivity contribution in [3.05, 3.63) is 32.9 Å². The first kappa shape index (κ1) is 14.0. The van der Waals surface area contributed by atoms with E-state index in [1.165, 1.54) is 15.9 Å². The van der Waals surface area contributed by atoms with Gasteiger partial charge in [0.25, 0.3) is 0 Å². The van der Waals surface area contributed by atoms with Gasteiger partial charge in [-0.2, -0.15) is 0 Å². The van der Waals surface area contributed by atoms with Crippen LogP contribution in [0.3, 0.4) is 0 Å². The number of hydrogen-bond acceptors (Lipinski definition) is 4. The zero-order valence-electron chi connectivity index (χ0n) is 11.1. The molecule has 1 fully saturated rings. The van der Waals surface area contributed by atoms with Gasteiger partial charge in [0, 0.05) is 17.2 Å². The minimum Gasteiger partial charge on any atom is -0.372 e. The summed E-state index contributed by atoms with van der Waals surface area (Å²) in [6.45, 7) is 8.11. The molecule has 104 valence electrons. The van der Waals surface area contributed by atoms with Crippen molar-refractivity contribution in [3.8, 4) is 0 Å². The summed E-state index contributed by atoms with van der Waals surface area (Å²) >= 11 is 1.17. The van der Waals surface area contributed by atoms with Crippen molar-refractivity contribution >= 4 is 17.2 Å². The van der Waals surface area contributed by atoms with E-state index in [1.54, 1.807) is 6.08 Å². The molecule has 0 saturated carbocycles. The van der Waals surface area contributed by atoms with E-state index < -0.39 is 0 Å². The van der Waals surface area contributed by atoms with Gasteiger partial charge in [-0.1, -0.05) is 17.4 Å². The highest BCUT2D eigenvalue weighted by Crippen LogP contribution is 2.14. The lowest BCUT2D eigenvalue weighted by atomic mass is 10.1. The van der Waals surface area contributed by atoms with Crippen molar-refractivity contribution in [1.29, 1.82) is 0 Å². The van der Waals surface area contributed by atoms with Crippen molar-refractivity contribution in [1.82, 2.24) is 9.88 Å². The third kappa shape index (κ3) is 2.96. The van der Waals surface area contributed by atoms with Gasteiger partial charge in [0.05, 0.1) is 12.1 Å². The van der Waals surface area contributed by atoms with Crippen LogP contribution in [0.5, 0.6) is 0 Å².